The lowest BCUT2D eigenvalue weighted by atomic mass is 10.0. The lowest BCUT2D eigenvalue weighted by Gasteiger charge is -2.21. The van der Waals surface area contributed by atoms with E-state index >= 15 is 0 Å². The molecule has 5 unspecified atom stereocenters. The highest BCUT2D eigenvalue weighted by Crippen LogP contribution is 2.45. The minimum absolute atomic E-state index is 0.0836. The Bertz CT molecular complexity index is 2440. The molecule has 0 aliphatic rings. The van der Waals surface area contributed by atoms with Crippen LogP contribution in [0.1, 0.15) is 342 Å². The Morgan fingerprint density at radius 3 is 0.800 bits per heavy atom. The number of carbonyl (C=O) groups is 3. The van der Waals surface area contributed by atoms with E-state index in [1.165, 1.54) is 122 Å². The first-order valence-electron chi connectivity index (χ1n) is 41.5. The number of carbonyl (C=O) groups excluding carboxylic acids is 3. The van der Waals surface area contributed by atoms with Crippen LogP contribution in [0.3, 0.4) is 0 Å². The molecule has 105 heavy (non-hydrogen) atoms. The van der Waals surface area contributed by atoms with Crippen molar-refractivity contribution in [3.8, 4) is 0 Å². The Morgan fingerprint density at radius 2 is 0.505 bits per heavy atom. The maximum atomic E-state index is 13.0. The van der Waals surface area contributed by atoms with Gasteiger partial charge in [0.2, 0.25) is 0 Å². The predicted octanol–water partition coefficient (Wildman–Crippen LogP) is 24.7. The number of hydrogen-bond acceptors (Lipinski definition) is 14. The molecule has 0 aliphatic heterocycles. The molecule has 0 spiro atoms. The molecule has 0 fully saturated rings. The highest BCUT2D eigenvalue weighted by Gasteiger charge is 2.29. The van der Waals surface area contributed by atoms with Crippen LogP contribution in [0.5, 0.6) is 0 Å². The minimum atomic E-state index is -4.94. The fraction of sp³-hybridized carbons (Fsp3) is 0.713. The first-order chi connectivity index (χ1) is 51.2. The molecule has 0 radical (unpaired) electrons. The van der Waals surface area contributed by atoms with Gasteiger partial charge in [-0.3, -0.25) is 32.5 Å². The van der Waals surface area contributed by atoms with Gasteiger partial charge in [-0.15, -0.1) is 0 Å². The topological polar surface area (TPSA) is 231 Å². The second kappa shape index (κ2) is 79.2. The summed E-state index contributed by atoms with van der Waals surface area (Å²) in [5, 5.41) is 20.7. The smallest absolute Gasteiger partial charge is 0.463 e. The Hall–Kier alpha value is -4.31. The molecule has 0 aliphatic carbocycles. The van der Waals surface area contributed by atoms with Gasteiger partial charge in [-0.05, 0) is 135 Å². The van der Waals surface area contributed by atoms with E-state index in [0.717, 1.165) is 161 Å². The number of phosphoric ester groups is 2. The lowest BCUT2D eigenvalue weighted by Crippen LogP contribution is -2.30. The molecule has 0 bridgehead atoms. The number of phosphoric acid groups is 2. The summed E-state index contributed by atoms with van der Waals surface area (Å²) in [7, 11) is -9.80. The van der Waals surface area contributed by atoms with Crippen molar-refractivity contribution in [2.45, 2.75) is 360 Å². The van der Waals surface area contributed by atoms with Gasteiger partial charge in [-0.25, -0.2) is 9.13 Å². The van der Waals surface area contributed by atoms with Gasteiger partial charge in [0, 0.05) is 19.3 Å². The highest BCUT2D eigenvalue weighted by molar-refractivity contribution is 7.47. The maximum Gasteiger partial charge on any atom is 0.472 e. The van der Waals surface area contributed by atoms with E-state index in [1.54, 1.807) is 0 Å². The fourth-order valence-electron chi connectivity index (χ4n) is 11.1. The van der Waals surface area contributed by atoms with Gasteiger partial charge >= 0.3 is 33.6 Å². The van der Waals surface area contributed by atoms with Crippen LogP contribution in [-0.4, -0.2) is 95.9 Å². The second-order valence-corrected chi connectivity index (χ2v) is 30.4. The molecule has 5 atom stereocenters. The SMILES string of the molecule is CC/C=C\C/C=C\C/C=C\C/C=C\C/C=C\CCCCCCCCCCCCCCCCCCCCCC(=O)OCC(O)COP(=O)(O)OCC(O)COP(=O)(O)OCC(COC(=O)CCCCCCCC/C=C\C/C=C\C/C=C\C/C=C\CC)OC(=O)CCCCCCC/C=C\C/C=C\CCCCC. The summed E-state index contributed by atoms with van der Waals surface area (Å²) < 4.78 is 61.2. The van der Waals surface area contributed by atoms with Crippen molar-refractivity contribution < 1.29 is 75.8 Å². The van der Waals surface area contributed by atoms with Crippen LogP contribution >= 0.6 is 15.6 Å². The van der Waals surface area contributed by atoms with Crippen molar-refractivity contribution in [1.82, 2.24) is 0 Å². The number of hydrogen-bond donors (Lipinski definition) is 4. The summed E-state index contributed by atoms with van der Waals surface area (Å²) in [6.07, 6.45) is 96.6. The summed E-state index contributed by atoms with van der Waals surface area (Å²) in [5.41, 5.74) is 0. The maximum absolute atomic E-state index is 13.0. The Kier molecular flexibility index (Phi) is 76.0. The third kappa shape index (κ3) is 80.5. The number of ether oxygens (including phenoxy) is 3. The standard InChI is InChI=1S/C87H150O16P2/c1-4-7-10-13-16-19-22-25-28-30-32-33-34-35-36-37-38-39-40-41-42-43-44-45-46-47-49-51-53-55-58-61-64-67-70-73-85(90)97-76-82(88)77-99-104(93,94)100-78-83(89)79-101-105(95,96)102-81-84(103-87(92)75-72-69-66-63-60-57-52-27-24-21-18-15-12-9-6-3)80-98-86(91)74-71-68-65-62-59-56-54-50-48-31-29-26-23-20-17-14-11-8-5-2/h7-8,10-11,16-21,25-29,32-33,35-36,48,50,52,82-84,88-89H,4-6,9,12-15,22-24,30-31,34,37-47,49,51,53-81H2,1-3H3,(H,93,94)(H,95,96)/b10-7-,11-8-,19-16-,20-17-,21-18-,28-25-,29-26-,33-32-,36-35-,50-48-,52-27-. The van der Waals surface area contributed by atoms with Crippen molar-refractivity contribution in [2.75, 3.05) is 39.6 Å². The Labute approximate surface area is 639 Å². The molecule has 0 saturated carbocycles. The monoisotopic (exact) mass is 1510 g/mol. The van der Waals surface area contributed by atoms with E-state index in [0.29, 0.717) is 19.3 Å². The largest absolute Gasteiger partial charge is 0.472 e. The van der Waals surface area contributed by atoms with E-state index < -0.39 is 91.5 Å². The summed E-state index contributed by atoms with van der Waals surface area (Å²) in [4.78, 5) is 58.7. The second-order valence-electron chi connectivity index (χ2n) is 27.5. The average molecular weight is 1510 g/mol. The van der Waals surface area contributed by atoms with E-state index in [-0.39, 0.29) is 19.3 Å². The first-order valence-corrected chi connectivity index (χ1v) is 44.5. The van der Waals surface area contributed by atoms with Crippen LogP contribution in [0.4, 0.5) is 0 Å². The van der Waals surface area contributed by atoms with Gasteiger partial charge in [-0.1, -0.05) is 321 Å². The zero-order valence-electron chi connectivity index (χ0n) is 66.1. The van der Waals surface area contributed by atoms with E-state index in [1.807, 2.05) is 0 Å². The molecule has 0 amide bonds. The average Bonchev–Trinajstić information content (AvgIpc) is 0.942. The zero-order chi connectivity index (χ0) is 76.6. The third-order valence-electron chi connectivity index (χ3n) is 17.3. The molecular formula is C87H150O16P2. The predicted molar refractivity (Wildman–Crippen MR) is 436 cm³/mol. The third-order valence-corrected chi connectivity index (χ3v) is 19.2. The quantitative estimate of drug-likeness (QED) is 0.0146. The molecule has 4 N–H and O–H groups in total. The van der Waals surface area contributed by atoms with E-state index in [9.17, 15) is 43.5 Å². The number of esters is 3. The van der Waals surface area contributed by atoms with Crippen molar-refractivity contribution in [3.05, 3.63) is 134 Å². The molecule has 16 nitrogen and oxygen atoms in total. The number of aliphatic hydroxyl groups excluding tert-OH is 2. The van der Waals surface area contributed by atoms with Crippen LogP contribution in [0, 0.1) is 0 Å². The van der Waals surface area contributed by atoms with Gasteiger partial charge in [0.15, 0.2) is 6.10 Å². The first kappa shape index (κ1) is 101. The molecule has 0 aromatic rings. The van der Waals surface area contributed by atoms with Crippen molar-refractivity contribution >= 4 is 33.6 Å². The summed E-state index contributed by atoms with van der Waals surface area (Å²) in [5.74, 6) is -1.60. The highest BCUT2D eigenvalue weighted by atomic mass is 31.2. The summed E-state index contributed by atoms with van der Waals surface area (Å²) >= 11 is 0. The lowest BCUT2D eigenvalue weighted by molar-refractivity contribution is -0.161. The normalized spacial score (nSPS) is 14.6. The van der Waals surface area contributed by atoms with Gasteiger partial charge in [-0.2, -0.15) is 0 Å². The molecule has 0 aromatic carbocycles. The number of unbranched alkanes of at least 4 members (excludes halogenated alkanes) is 33. The van der Waals surface area contributed by atoms with Crippen molar-refractivity contribution in [2.24, 2.45) is 0 Å². The van der Waals surface area contributed by atoms with Gasteiger partial charge in [0.25, 0.3) is 0 Å². The van der Waals surface area contributed by atoms with Crippen molar-refractivity contribution in [3.63, 3.8) is 0 Å². The molecule has 0 rings (SSSR count). The Balaban J connectivity index is 4.40. The van der Waals surface area contributed by atoms with Crippen LogP contribution in [0.2, 0.25) is 0 Å². The summed E-state index contributed by atoms with van der Waals surface area (Å²) in [6, 6.07) is 0. The van der Waals surface area contributed by atoms with Gasteiger partial charge in [0.05, 0.1) is 26.4 Å². The van der Waals surface area contributed by atoms with E-state index in [4.69, 9.17) is 32.3 Å². The molecule has 0 heterocycles. The number of allylic oxidation sites excluding steroid dienone is 22. The molecule has 604 valence electrons. The molecule has 0 saturated heterocycles. The number of aliphatic hydroxyl groups is 2. The summed E-state index contributed by atoms with van der Waals surface area (Å²) in [6.45, 7) is 2.42. The minimum Gasteiger partial charge on any atom is -0.463 e. The van der Waals surface area contributed by atoms with E-state index in [2.05, 4.69) is 154 Å². The van der Waals surface area contributed by atoms with Gasteiger partial charge < -0.3 is 34.2 Å². The van der Waals surface area contributed by atoms with Gasteiger partial charge in [0.1, 0.15) is 25.4 Å². The van der Waals surface area contributed by atoms with Crippen LogP contribution in [0.25, 0.3) is 0 Å². The van der Waals surface area contributed by atoms with Crippen LogP contribution in [-0.2, 0) is 55.8 Å². The Morgan fingerprint density at radius 1 is 0.276 bits per heavy atom. The molecule has 18 heteroatoms. The van der Waals surface area contributed by atoms with Crippen LogP contribution in [0.15, 0.2) is 134 Å². The van der Waals surface area contributed by atoms with Crippen LogP contribution < -0.4 is 0 Å². The fourth-order valence-corrected chi connectivity index (χ4v) is 12.7. The molecule has 0 aromatic heterocycles. The number of rotatable bonds is 78. The van der Waals surface area contributed by atoms with Crippen molar-refractivity contribution in [1.29, 1.82) is 0 Å². The molecular weight excluding hydrogens is 1360 g/mol. The zero-order valence-corrected chi connectivity index (χ0v) is 67.9.